The van der Waals surface area contributed by atoms with E-state index in [1.165, 1.54) is 5.56 Å². The fourth-order valence-electron chi connectivity index (χ4n) is 3.10. The number of nitrogens with two attached hydrogens (primary N) is 1. The number of rotatable bonds is 6. The zero-order valence-corrected chi connectivity index (χ0v) is 13.1. The molecular formula is C17H24N2O2. The summed E-state index contributed by atoms with van der Waals surface area (Å²) < 4.78 is 2.12. The van der Waals surface area contributed by atoms with E-state index in [0.717, 1.165) is 48.0 Å². The Morgan fingerprint density at radius 2 is 2.05 bits per heavy atom. The Labute approximate surface area is 125 Å². The Balaban J connectivity index is 2.82. The van der Waals surface area contributed by atoms with Crippen molar-refractivity contribution in [3.63, 3.8) is 0 Å². The molecule has 1 aromatic heterocycles. The molecule has 0 bridgehead atoms. The van der Waals surface area contributed by atoms with Gasteiger partial charge in [0, 0.05) is 17.6 Å². The number of carbonyl (C=O) groups is 1. The van der Waals surface area contributed by atoms with Crippen molar-refractivity contribution in [2.75, 3.05) is 6.54 Å². The number of aryl methyl sites for hydroxylation is 3. The maximum Gasteiger partial charge on any atom is 0.337 e. The number of nitrogens with zero attached hydrogens (tertiary/aromatic N) is 1. The Morgan fingerprint density at radius 3 is 2.57 bits per heavy atom. The second kappa shape index (κ2) is 6.31. The molecule has 0 radical (unpaired) electrons. The van der Waals surface area contributed by atoms with Gasteiger partial charge in [0.15, 0.2) is 0 Å². The number of hydrogen-bond donors (Lipinski definition) is 2. The summed E-state index contributed by atoms with van der Waals surface area (Å²) in [5, 5.41) is 10.6. The Kier molecular flexibility index (Phi) is 4.68. The molecule has 2 rings (SSSR count). The second-order valence-electron chi connectivity index (χ2n) is 5.40. The second-order valence-corrected chi connectivity index (χ2v) is 5.40. The first-order valence-corrected chi connectivity index (χ1v) is 7.63. The summed E-state index contributed by atoms with van der Waals surface area (Å²) in [4.78, 5) is 11.7. The molecule has 0 spiro atoms. The van der Waals surface area contributed by atoms with Gasteiger partial charge < -0.3 is 15.4 Å². The molecule has 2 aromatic rings. The summed E-state index contributed by atoms with van der Waals surface area (Å²) in [5.74, 6) is -0.854. The molecule has 3 N–H and O–H groups in total. The monoisotopic (exact) mass is 288 g/mol. The Hall–Kier alpha value is -1.81. The molecule has 0 fully saturated rings. The summed E-state index contributed by atoms with van der Waals surface area (Å²) in [7, 11) is 0. The molecule has 0 aliphatic carbocycles. The van der Waals surface area contributed by atoms with Gasteiger partial charge in [0.1, 0.15) is 0 Å². The predicted molar refractivity (Wildman–Crippen MR) is 86.1 cm³/mol. The highest BCUT2D eigenvalue weighted by Crippen LogP contribution is 2.31. The van der Waals surface area contributed by atoms with Crippen LogP contribution in [0.15, 0.2) is 12.1 Å². The van der Waals surface area contributed by atoms with Gasteiger partial charge in [-0.25, -0.2) is 4.79 Å². The molecule has 4 heteroatoms. The van der Waals surface area contributed by atoms with Crippen molar-refractivity contribution in [1.82, 2.24) is 4.57 Å². The third-order valence-corrected chi connectivity index (χ3v) is 4.19. The third kappa shape index (κ3) is 2.68. The van der Waals surface area contributed by atoms with Crippen LogP contribution in [-0.2, 0) is 19.4 Å². The number of fused-ring (bicyclic) bond motifs is 1. The van der Waals surface area contributed by atoms with Crippen molar-refractivity contribution < 1.29 is 9.90 Å². The summed E-state index contributed by atoms with van der Waals surface area (Å²) in [6, 6.07) is 3.95. The van der Waals surface area contributed by atoms with Gasteiger partial charge in [-0.1, -0.05) is 6.92 Å². The summed E-state index contributed by atoms with van der Waals surface area (Å²) >= 11 is 0. The van der Waals surface area contributed by atoms with Crippen LogP contribution < -0.4 is 5.73 Å². The average Bonchev–Trinajstić information content (AvgIpc) is 2.75. The predicted octanol–water partition coefficient (Wildman–Crippen LogP) is 3.12. The first-order valence-electron chi connectivity index (χ1n) is 7.63. The maximum absolute atomic E-state index is 11.7. The van der Waals surface area contributed by atoms with Crippen LogP contribution in [0.5, 0.6) is 0 Å². The van der Waals surface area contributed by atoms with E-state index >= 15 is 0 Å². The van der Waals surface area contributed by atoms with Gasteiger partial charge in [0.05, 0.1) is 11.1 Å². The van der Waals surface area contributed by atoms with E-state index in [4.69, 9.17) is 5.73 Å². The van der Waals surface area contributed by atoms with Crippen LogP contribution in [0.1, 0.15) is 47.4 Å². The third-order valence-electron chi connectivity index (χ3n) is 4.19. The molecule has 0 aliphatic heterocycles. The fourth-order valence-corrected chi connectivity index (χ4v) is 3.10. The van der Waals surface area contributed by atoms with E-state index in [0.29, 0.717) is 12.1 Å². The molecule has 1 heterocycles. The molecular weight excluding hydrogens is 264 g/mol. The van der Waals surface area contributed by atoms with Crippen LogP contribution in [0.3, 0.4) is 0 Å². The first-order chi connectivity index (χ1) is 10.0. The van der Waals surface area contributed by atoms with Crippen LogP contribution in [0.25, 0.3) is 10.9 Å². The quantitative estimate of drug-likeness (QED) is 0.858. The van der Waals surface area contributed by atoms with Crippen LogP contribution in [0.2, 0.25) is 0 Å². The maximum atomic E-state index is 11.7. The highest BCUT2D eigenvalue weighted by atomic mass is 16.4. The molecule has 4 nitrogen and oxygen atoms in total. The van der Waals surface area contributed by atoms with Crippen molar-refractivity contribution >= 4 is 16.9 Å². The van der Waals surface area contributed by atoms with Gasteiger partial charge in [-0.05, 0) is 62.9 Å². The molecule has 21 heavy (non-hydrogen) atoms. The molecule has 0 amide bonds. The fraction of sp³-hybridized carbons (Fsp3) is 0.471. The minimum absolute atomic E-state index is 0.410. The smallest absolute Gasteiger partial charge is 0.337 e. The molecule has 114 valence electrons. The minimum Gasteiger partial charge on any atom is -0.478 e. The summed E-state index contributed by atoms with van der Waals surface area (Å²) in [6.45, 7) is 7.61. The highest BCUT2D eigenvalue weighted by molar-refractivity contribution is 6.04. The lowest BCUT2D eigenvalue weighted by atomic mass is 10.00. The molecule has 0 atom stereocenters. The zero-order valence-electron chi connectivity index (χ0n) is 13.1. The van der Waals surface area contributed by atoms with Crippen molar-refractivity contribution in [3.05, 3.63) is 34.5 Å². The molecule has 0 saturated carbocycles. The van der Waals surface area contributed by atoms with Crippen molar-refractivity contribution in [3.8, 4) is 0 Å². The Bertz CT molecular complexity index is 671. The van der Waals surface area contributed by atoms with Crippen molar-refractivity contribution in [2.24, 2.45) is 5.73 Å². The van der Waals surface area contributed by atoms with Gasteiger partial charge >= 0.3 is 5.97 Å². The van der Waals surface area contributed by atoms with Crippen LogP contribution in [0.4, 0.5) is 0 Å². The minimum atomic E-state index is -0.854. The van der Waals surface area contributed by atoms with Crippen LogP contribution >= 0.6 is 0 Å². The molecule has 1 aromatic carbocycles. The van der Waals surface area contributed by atoms with Crippen LogP contribution in [-0.4, -0.2) is 22.2 Å². The number of benzene rings is 1. The topological polar surface area (TPSA) is 68.2 Å². The number of hydrogen-bond acceptors (Lipinski definition) is 2. The Morgan fingerprint density at radius 1 is 1.33 bits per heavy atom. The van der Waals surface area contributed by atoms with Gasteiger partial charge in [-0.2, -0.15) is 0 Å². The lowest BCUT2D eigenvalue weighted by Crippen LogP contribution is -2.04. The SMILES string of the molecule is CCc1cc(C(=O)O)c2c(c1)c(CCCN)c(C)n2CC. The van der Waals surface area contributed by atoms with Gasteiger partial charge in [-0.15, -0.1) is 0 Å². The van der Waals surface area contributed by atoms with Gasteiger partial charge in [-0.3, -0.25) is 0 Å². The van der Waals surface area contributed by atoms with E-state index in [2.05, 4.69) is 31.4 Å². The lowest BCUT2D eigenvalue weighted by molar-refractivity contribution is 0.0698. The number of carboxylic acid groups (broad SMARTS) is 1. The highest BCUT2D eigenvalue weighted by Gasteiger charge is 2.19. The van der Waals surface area contributed by atoms with E-state index in [1.807, 2.05) is 6.07 Å². The first kappa shape index (κ1) is 15.6. The van der Waals surface area contributed by atoms with E-state index < -0.39 is 5.97 Å². The molecule has 0 unspecified atom stereocenters. The van der Waals surface area contributed by atoms with Crippen LogP contribution in [0, 0.1) is 6.92 Å². The standard InChI is InChI=1S/C17H24N2O2/c1-4-12-9-14-13(7-6-8-18)11(3)19(5-2)16(14)15(10-12)17(20)21/h9-10H,4-8,18H2,1-3H3,(H,20,21). The summed E-state index contributed by atoms with van der Waals surface area (Å²) in [5.41, 5.74) is 10.4. The average molecular weight is 288 g/mol. The molecule has 0 aliphatic rings. The number of aromatic carboxylic acids is 1. The molecule has 0 saturated heterocycles. The lowest BCUT2D eigenvalue weighted by Gasteiger charge is -2.08. The normalized spacial score (nSPS) is 11.2. The van der Waals surface area contributed by atoms with E-state index in [-0.39, 0.29) is 0 Å². The van der Waals surface area contributed by atoms with E-state index in [1.54, 1.807) is 0 Å². The number of aromatic nitrogens is 1. The largest absolute Gasteiger partial charge is 0.478 e. The van der Waals surface area contributed by atoms with Crippen molar-refractivity contribution in [2.45, 2.75) is 46.6 Å². The van der Waals surface area contributed by atoms with Gasteiger partial charge in [0.25, 0.3) is 0 Å². The summed E-state index contributed by atoms with van der Waals surface area (Å²) in [6.07, 6.45) is 2.66. The zero-order chi connectivity index (χ0) is 15.6. The van der Waals surface area contributed by atoms with E-state index in [9.17, 15) is 9.90 Å². The van der Waals surface area contributed by atoms with Gasteiger partial charge in [0.2, 0.25) is 0 Å². The van der Waals surface area contributed by atoms with Crippen molar-refractivity contribution in [1.29, 1.82) is 0 Å². The number of carboxylic acids is 1.